The predicted octanol–water partition coefficient (Wildman–Crippen LogP) is 5.17. The quantitative estimate of drug-likeness (QED) is 0.397. The van der Waals surface area contributed by atoms with Crippen LogP contribution in [0.5, 0.6) is 5.75 Å². The number of amides is 1. The van der Waals surface area contributed by atoms with Crippen molar-refractivity contribution in [3.63, 3.8) is 0 Å². The Morgan fingerprint density at radius 3 is 2.43 bits per heavy atom. The summed E-state index contributed by atoms with van der Waals surface area (Å²) >= 11 is 13.3. The monoisotopic (exact) mass is 570 g/mol. The number of hydrogen-bond donors (Lipinski definition) is 1. The van der Waals surface area contributed by atoms with Gasteiger partial charge < -0.3 is 9.15 Å². The summed E-state index contributed by atoms with van der Waals surface area (Å²) in [6.07, 6.45) is 1.39. The number of halogens is 4. The molecule has 2 aromatic rings. The molecule has 9 heteroatoms. The van der Waals surface area contributed by atoms with Crippen LogP contribution in [-0.2, 0) is 4.79 Å². The largest absolute Gasteiger partial charge is 0.481 e. The van der Waals surface area contributed by atoms with Gasteiger partial charge in [0.2, 0.25) is 0 Å². The molecule has 0 saturated carbocycles. The van der Waals surface area contributed by atoms with Crippen molar-refractivity contribution in [1.29, 1.82) is 0 Å². The Morgan fingerprint density at radius 2 is 1.87 bits per heavy atom. The zero-order valence-electron chi connectivity index (χ0n) is 11.7. The minimum atomic E-state index is -0.384. The summed E-state index contributed by atoms with van der Waals surface area (Å²) in [6.45, 7) is 1.80. The highest BCUT2D eigenvalue weighted by molar-refractivity contribution is 9.13. The molecule has 0 aliphatic carbocycles. The lowest BCUT2D eigenvalue weighted by Crippen LogP contribution is -2.24. The van der Waals surface area contributed by atoms with Crippen molar-refractivity contribution in [2.75, 3.05) is 6.61 Å². The second kappa shape index (κ2) is 8.46. The van der Waals surface area contributed by atoms with E-state index in [2.05, 4.69) is 74.2 Å². The molecule has 1 N–H and O–H groups in total. The fraction of sp³-hybridized carbons (Fsp3) is 0.143. The molecular weight excluding hydrogens is 564 g/mol. The topological polar surface area (TPSA) is 63.8 Å². The van der Waals surface area contributed by atoms with Crippen LogP contribution in [0, 0.1) is 6.92 Å². The molecular formula is C14H10Br4N2O3. The molecule has 5 nitrogen and oxygen atoms in total. The summed E-state index contributed by atoms with van der Waals surface area (Å²) in [7, 11) is 0. The lowest BCUT2D eigenvalue weighted by molar-refractivity contribution is -0.123. The SMILES string of the molecule is Cc1cc(Br)c(OCC(=O)N/N=C\c2cc(Br)c(Br)o2)c(Br)c1. The molecule has 0 fully saturated rings. The van der Waals surface area contributed by atoms with Crippen LogP contribution >= 0.6 is 63.7 Å². The van der Waals surface area contributed by atoms with Crippen molar-refractivity contribution in [3.05, 3.63) is 47.6 Å². The first kappa shape index (κ1) is 18.7. The molecule has 122 valence electrons. The van der Waals surface area contributed by atoms with Gasteiger partial charge in [-0.1, -0.05) is 0 Å². The van der Waals surface area contributed by atoms with Crippen LogP contribution in [0.15, 0.2) is 45.8 Å². The second-order valence-electron chi connectivity index (χ2n) is 4.41. The summed E-state index contributed by atoms with van der Waals surface area (Å²) in [5.74, 6) is 0.674. The number of carbonyl (C=O) groups is 1. The van der Waals surface area contributed by atoms with Crippen LogP contribution in [0.2, 0.25) is 0 Å². The maximum absolute atomic E-state index is 11.7. The van der Waals surface area contributed by atoms with Gasteiger partial charge in [0.1, 0.15) is 11.5 Å². The molecule has 1 aromatic carbocycles. The van der Waals surface area contributed by atoms with E-state index in [9.17, 15) is 4.79 Å². The van der Waals surface area contributed by atoms with Gasteiger partial charge in [-0.15, -0.1) is 0 Å². The van der Waals surface area contributed by atoms with E-state index in [1.807, 2.05) is 19.1 Å². The third-order valence-corrected chi connectivity index (χ3v) is 5.42. The Balaban J connectivity index is 1.88. The van der Waals surface area contributed by atoms with Crippen LogP contribution in [0.3, 0.4) is 0 Å². The first-order chi connectivity index (χ1) is 10.9. The number of nitrogens with zero attached hydrogens (tertiary/aromatic N) is 1. The van der Waals surface area contributed by atoms with E-state index >= 15 is 0 Å². The standard InChI is InChI=1S/C14H10Br4N2O3/c1-7-2-9(15)13(10(16)3-7)22-6-12(21)20-19-5-8-4-11(17)14(18)23-8/h2-5H,6H2,1H3,(H,20,21)/b19-5-. The zero-order valence-corrected chi connectivity index (χ0v) is 18.0. The van der Waals surface area contributed by atoms with E-state index in [-0.39, 0.29) is 12.5 Å². The maximum atomic E-state index is 11.7. The van der Waals surface area contributed by atoms with Gasteiger partial charge in [-0.05, 0) is 88.3 Å². The van der Waals surface area contributed by atoms with E-state index in [1.165, 1.54) is 6.21 Å². The molecule has 0 bridgehead atoms. The zero-order chi connectivity index (χ0) is 17.0. The lowest BCUT2D eigenvalue weighted by atomic mass is 10.2. The molecule has 0 unspecified atom stereocenters. The van der Waals surface area contributed by atoms with Gasteiger partial charge in [0.25, 0.3) is 5.91 Å². The average molecular weight is 574 g/mol. The third kappa shape index (κ3) is 5.44. The van der Waals surface area contributed by atoms with Gasteiger partial charge in [0, 0.05) is 6.07 Å². The van der Waals surface area contributed by atoms with Crippen molar-refractivity contribution in [1.82, 2.24) is 5.43 Å². The highest BCUT2D eigenvalue weighted by Crippen LogP contribution is 2.34. The molecule has 0 radical (unpaired) electrons. The van der Waals surface area contributed by atoms with E-state index in [0.717, 1.165) is 19.0 Å². The average Bonchev–Trinajstić information content (AvgIpc) is 2.76. The molecule has 0 spiro atoms. The minimum absolute atomic E-state index is 0.164. The fourth-order valence-electron chi connectivity index (χ4n) is 1.59. The second-order valence-corrected chi connectivity index (χ2v) is 7.69. The van der Waals surface area contributed by atoms with Crippen molar-refractivity contribution in [2.24, 2.45) is 5.10 Å². The summed E-state index contributed by atoms with van der Waals surface area (Å²) in [5.41, 5.74) is 3.44. The van der Waals surface area contributed by atoms with Gasteiger partial charge >= 0.3 is 0 Å². The van der Waals surface area contributed by atoms with Crippen LogP contribution in [0.4, 0.5) is 0 Å². The van der Waals surface area contributed by atoms with Crippen molar-refractivity contribution in [3.8, 4) is 5.75 Å². The Hall–Kier alpha value is -0.640. The van der Waals surface area contributed by atoms with Crippen LogP contribution in [0.25, 0.3) is 0 Å². The van der Waals surface area contributed by atoms with E-state index in [4.69, 9.17) is 9.15 Å². The number of rotatable bonds is 5. The van der Waals surface area contributed by atoms with Crippen molar-refractivity contribution < 1.29 is 13.9 Å². The number of carbonyl (C=O) groups excluding carboxylic acids is 1. The highest BCUT2D eigenvalue weighted by atomic mass is 79.9. The van der Waals surface area contributed by atoms with Gasteiger partial charge in [0.05, 0.1) is 19.6 Å². The molecule has 2 rings (SSSR count). The molecule has 0 saturated heterocycles. The van der Waals surface area contributed by atoms with E-state index in [0.29, 0.717) is 16.2 Å². The van der Waals surface area contributed by atoms with Gasteiger partial charge in [0.15, 0.2) is 11.3 Å². The maximum Gasteiger partial charge on any atom is 0.277 e. The highest BCUT2D eigenvalue weighted by Gasteiger charge is 2.10. The van der Waals surface area contributed by atoms with Crippen molar-refractivity contribution in [2.45, 2.75) is 6.92 Å². The number of benzene rings is 1. The van der Waals surface area contributed by atoms with Gasteiger partial charge in [-0.25, -0.2) is 5.43 Å². The molecule has 0 aliphatic heterocycles. The Kier molecular flexibility index (Phi) is 6.87. The number of hydrogen-bond acceptors (Lipinski definition) is 4. The molecule has 1 aromatic heterocycles. The molecule has 0 atom stereocenters. The smallest absolute Gasteiger partial charge is 0.277 e. The van der Waals surface area contributed by atoms with Crippen LogP contribution < -0.4 is 10.2 Å². The summed E-state index contributed by atoms with van der Waals surface area (Å²) in [5, 5.41) is 3.80. The van der Waals surface area contributed by atoms with E-state index in [1.54, 1.807) is 6.07 Å². The molecule has 0 aliphatic rings. The fourth-order valence-corrected chi connectivity index (χ4v) is 3.84. The molecule has 23 heavy (non-hydrogen) atoms. The summed E-state index contributed by atoms with van der Waals surface area (Å²) in [4.78, 5) is 11.7. The Morgan fingerprint density at radius 1 is 1.22 bits per heavy atom. The van der Waals surface area contributed by atoms with Crippen LogP contribution in [-0.4, -0.2) is 18.7 Å². The molecule has 1 amide bonds. The third-order valence-electron chi connectivity index (χ3n) is 2.54. The molecule has 1 heterocycles. The number of furan rings is 1. The number of nitrogens with one attached hydrogen (secondary N) is 1. The van der Waals surface area contributed by atoms with Gasteiger partial charge in [-0.3, -0.25) is 4.79 Å². The number of aryl methyl sites for hydroxylation is 1. The minimum Gasteiger partial charge on any atom is -0.481 e. The van der Waals surface area contributed by atoms with Crippen LogP contribution in [0.1, 0.15) is 11.3 Å². The summed E-state index contributed by atoms with van der Waals surface area (Å²) in [6, 6.07) is 5.53. The normalized spacial score (nSPS) is 11.0. The Bertz CT molecular complexity index is 716. The predicted molar refractivity (Wildman–Crippen MR) is 102 cm³/mol. The first-order valence-electron chi connectivity index (χ1n) is 6.22. The van der Waals surface area contributed by atoms with E-state index < -0.39 is 0 Å². The number of ether oxygens (including phenoxy) is 1. The van der Waals surface area contributed by atoms with Gasteiger partial charge in [-0.2, -0.15) is 5.10 Å². The Labute approximate surface area is 166 Å². The van der Waals surface area contributed by atoms with Crippen molar-refractivity contribution >= 4 is 75.8 Å². The lowest BCUT2D eigenvalue weighted by Gasteiger charge is -2.10. The number of hydrazone groups is 1. The summed E-state index contributed by atoms with van der Waals surface area (Å²) < 4.78 is 13.6. The first-order valence-corrected chi connectivity index (χ1v) is 9.39.